The van der Waals surface area contributed by atoms with Crippen LogP contribution in [0.1, 0.15) is 23.6 Å². The van der Waals surface area contributed by atoms with Gasteiger partial charge in [-0.25, -0.2) is 8.42 Å². The van der Waals surface area contributed by atoms with Crippen molar-refractivity contribution in [3.63, 3.8) is 0 Å². The molecule has 0 bridgehead atoms. The number of nitrogens with zero attached hydrogens (tertiary/aromatic N) is 2. The molecule has 0 aliphatic heterocycles. The molecule has 1 heterocycles. The normalized spacial score (nSPS) is 11.6. The van der Waals surface area contributed by atoms with Crippen molar-refractivity contribution in [1.29, 1.82) is 0 Å². The van der Waals surface area contributed by atoms with Gasteiger partial charge in [-0.1, -0.05) is 17.7 Å². The van der Waals surface area contributed by atoms with Crippen molar-refractivity contribution in [2.75, 3.05) is 10.5 Å². The highest BCUT2D eigenvalue weighted by Crippen LogP contribution is 2.26. The number of hydrogen-bond acceptors (Lipinski definition) is 4. The highest BCUT2D eigenvalue weighted by atomic mass is 32.2. The first-order valence-corrected chi connectivity index (χ1v) is 8.16. The van der Waals surface area contributed by atoms with Crippen LogP contribution in [0, 0.1) is 20.8 Å². The maximum absolute atomic E-state index is 12.5. The average molecular weight is 308 g/mol. The number of aryl methyl sites for hydroxylation is 4. The van der Waals surface area contributed by atoms with Crippen molar-refractivity contribution >= 4 is 21.5 Å². The van der Waals surface area contributed by atoms with Crippen LogP contribution in [0.5, 0.6) is 0 Å². The molecule has 0 amide bonds. The summed E-state index contributed by atoms with van der Waals surface area (Å²) in [6, 6.07) is 3.87. The molecule has 0 aliphatic carbocycles. The third kappa shape index (κ3) is 3.02. The Balaban J connectivity index is 2.44. The molecule has 0 radical (unpaired) electrons. The van der Waals surface area contributed by atoms with Crippen molar-refractivity contribution in [3.05, 3.63) is 35.0 Å². The fourth-order valence-electron chi connectivity index (χ4n) is 2.32. The van der Waals surface area contributed by atoms with Gasteiger partial charge in [-0.2, -0.15) is 5.10 Å². The van der Waals surface area contributed by atoms with E-state index < -0.39 is 10.0 Å². The van der Waals surface area contributed by atoms with E-state index in [4.69, 9.17) is 5.73 Å². The van der Waals surface area contributed by atoms with Gasteiger partial charge in [-0.15, -0.1) is 0 Å². The minimum absolute atomic E-state index is 0.00345. The average Bonchev–Trinajstić information content (AvgIpc) is 2.76. The van der Waals surface area contributed by atoms with Gasteiger partial charge in [-0.05, 0) is 38.8 Å². The zero-order valence-corrected chi connectivity index (χ0v) is 13.5. The quantitative estimate of drug-likeness (QED) is 0.906. The first kappa shape index (κ1) is 15.4. The summed E-state index contributed by atoms with van der Waals surface area (Å²) >= 11 is 0. The largest absolute Gasteiger partial charge is 0.381 e. The summed E-state index contributed by atoms with van der Waals surface area (Å²) < 4.78 is 29.1. The number of benzene rings is 1. The van der Waals surface area contributed by atoms with E-state index in [2.05, 4.69) is 9.82 Å². The SMILES string of the molecule is CCn1cc(S(=O)(=O)Nc2c(C)cc(C)cc2C)c(N)n1. The van der Waals surface area contributed by atoms with E-state index in [0.717, 1.165) is 16.7 Å². The third-order valence-corrected chi connectivity index (χ3v) is 4.65. The highest BCUT2D eigenvalue weighted by molar-refractivity contribution is 7.92. The van der Waals surface area contributed by atoms with Gasteiger partial charge in [0.25, 0.3) is 10.0 Å². The van der Waals surface area contributed by atoms with E-state index in [-0.39, 0.29) is 10.7 Å². The summed E-state index contributed by atoms with van der Waals surface area (Å²) in [6.07, 6.45) is 1.44. The van der Waals surface area contributed by atoms with Crippen molar-refractivity contribution in [2.24, 2.45) is 0 Å². The number of nitrogens with one attached hydrogen (secondary N) is 1. The Hall–Kier alpha value is -2.02. The molecule has 114 valence electrons. The van der Waals surface area contributed by atoms with Gasteiger partial charge in [0, 0.05) is 12.7 Å². The Morgan fingerprint density at radius 2 is 1.81 bits per heavy atom. The van der Waals surface area contributed by atoms with Crippen LogP contribution in [0.2, 0.25) is 0 Å². The summed E-state index contributed by atoms with van der Waals surface area (Å²) in [7, 11) is -3.75. The molecule has 0 spiro atoms. The fourth-order valence-corrected chi connectivity index (χ4v) is 3.59. The minimum Gasteiger partial charge on any atom is -0.381 e. The molecule has 2 aromatic rings. The first-order chi connectivity index (χ1) is 9.74. The predicted octanol–water partition coefficient (Wildman–Crippen LogP) is 2.21. The monoisotopic (exact) mass is 308 g/mol. The molecule has 2 rings (SSSR count). The van der Waals surface area contributed by atoms with Gasteiger partial charge in [0.1, 0.15) is 4.90 Å². The van der Waals surface area contributed by atoms with Gasteiger partial charge in [0.15, 0.2) is 5.82 Å². The summed E-state index contributed by atoms with van der Waals surface area (Å²) in [5, 5.41) is 3.97. The van der Waals surface area contributed by atoms with Gasteiger partial charge in [0.2, 0.25) is 0 Å². The number of nitrogens with two attached hydrogens (primary N) is 1. The number of sulfonamides is 1. The highest BCUT2D eigenvalue weighted by Gasteiger charge is 2.22. The molecule has 6 nitrogen and oxygen atoms in total. The molecule has 21 heavy (non-hydrogen) atoms. The second-order valence-electron chi connectivity index (χ2n) is 5.11. The molecular formula is C14H20N4O2S. The Morgan fingerprint density at radius 1 is 1.24 bits per heavy atom. The van der Waals surface area contributed by atoms with Gasteiger partial charge in [-0.3, -0.25) is 9.40 Å². The van der Waals surface area contributed by atoms with E-state index in [1.54, 1.807) is 0 Å². The second kappa shape index (κ2) is 5.40. The predicted molar refractivity (Wildman–Crippen MR) is 83.8 cm³/mol. The van der Waals surface area contributed by atoms with Gasteiger partial charge < -0.3 is 5.73 Å². The van der Waals surface area contributed by atoms with Crippen molar-refractivity contribution in [2.45, 2.75) is 39.1 Å². The maximum atomic E-state index is 12.5. The van der Waals surface area contributed by atoms with Crippen LogP contribution in [0.4, 0.5) is 11.5 Å². The van der Waals surface area contributed by atoms with E-state index >= 15 is 0 Å². The topological polar surface area (TPSA) is 90.0 Å². The van der Waals surface area contributed by atoms with Crippen molar-refractivity contribution < 1.29 is 8.42 Å². The van der Waals surface area contributed by atoms with Crippen molar-refractivity contribution in [3.8, 4) is 0 Å². The van der Waals surface area contributed by atoms with Crippen LogP contribution in [0.15, 0.2) is 23.2 Å². The smallest absolute Gasteiger partial charge is 0.267 e. The van der Waals surface area contributed by atoms with E-state index in [1.165, 1.54) is 10.9 Å². The molecular weight excluding hydrogens is 288 g/mol. The molecule has 1 aromatic carbocycles. The lowest BCUT2D eigenvalue weighted by atomic mass is 10.1. The third-order valence-electron chi connectivity index (χ3n) is 3.28. The molecule has 1 aromatic heterocycles. The Bertz CT molecular complexity index is 755. The molecule has 0 saturated heterocycles. The molecule has 0 fully saturated rings. The summed E-state index contributed by atoms with van der Waals surface area (Å²) in [5.41, 5.74) is 9.13. The van der Waals surface area contributed by atoms with Crippen LogP contribution in [0.25, 0.3) is 0 Å². The lowest BCUT2D eigenvalue weighted by Gasteiger charge is -2.13. The van der Waals surface area contributed by atoms with Crippen LogP contribution >= 0.6 is 0 Å². The molecule has 0 saturated carbocycles. The molecule has 0 unspecified atom stereocenters. The van der Waals surface area contributed by atoms with E-state index in [1.807, 2.05) is 39.8 Å². The maximum Gasteiger partial charge on any atom is 0.267 e. The standard InChI is InChI=1S/C14H20N4O2S/c1-5-18-8-12(14(15)16-18)21(19,20)17-13-10(3)6-9(2)7-11(13)4/h6-8,17H,5H2,1-4H3,(H2,15,16). The zero-order valence-electron chi connectivity index (χ0n) is 12.6. The van der Waals surface area contributed by atoms with Gasteiger partial charge in [0.05, 0.1) is 5.69 Å². The van der Waals surface area contributed by atoms with E-state index in [0.29, 0.717) is 12.2 Å². The molecule has 0 atom stereocenters. The Morgan fingerprint density at radius 3 is 2.29 bits per heavy atom. The van der Waals surface area contributed by atoms with Crippen molar-refractivity contribution in [1.82, 2.24) is 9.78 Å². The van der Waals surface area contributed by atoms with Gasteiger partial charge >= 0.3 is 0 Å². The van der Waals surface area contributed by atoms with Crippen LogP contribution < -0.4 is 10.5 Å². The number of aromatic nitrogens is 2. The molecule has 3 N–H and O–H groups in total. The molecule has 0 aliphatic rings. The number of nitrogen functional groups attached to an aromatic ring is 1. The number of anilines is 2. The first-order valence-electron chi connectivity index (χ1n) is 6.68. The van der Waals surface area contributed by atoms with Crippen LogP contribution in [0.3, 0.4) is 0 Å². The minimum atomic E-state index is -3.75. The number of rotatable bonds is 4. The summed E-state index contributed by atoms with van der Waals surface area (Å²) in [4.78, 5) is 0.00345. The second-order valence-corrected chi connectivity index (χ2v) is 6.76. The van der Waals surface area contributed by atoms with Crippen LogP contribution in [-0.2, 0) is 16.6 Å². The fraction of sp³-hybridized carbons (Fsp3) is 0.357. The Kier molecular flexibility index (Phi) is 3.95. The zero-order chi connectivity index (χ0) is 15.8. The van der Waals surface area contributed by atoms with Crippen LogP contribution in [-0.4, -0.2) is 18.2 Å². The number of hydrogen-bond donors (Lipinski definition) is 2. The summed E-state index contributed by atoms with van der Waals surface area (Å²) in [6.45, 7) is 8.14. The lowest BCUT2D eigenvalue weighted by molar-refractivity contribution is 0.600. The molecule has 7 heteroatoms. The Labute approximate surface area is 125 Å². The lowest BCUT2D eigenvalue weighted by Crippen LogP contribution is -2.15. The summed E-state index contributed by atoms with van der Waals surface area (Å²) in [5.74, 6) is 0.00627. The van der Waals surface area contributed by atoms with E-state index in [9.17, 15) is 8.42 Å².